The zero-order chi connectivity index (χ0) is 9.42. The summed E-state index contributed by atoms with van der Waals surface area (Å²) in [5, 5.41) is 0.347. The summed E-state index contributed by atoms with van der Waals surface area (Å²) >= 11 is 0. The maximum absolute atomic E-state index is 13.1. The molecule has 0 radical (unpaired) electrons. The van der Waals surface area contributed by atoms with E-state index in [2.05, 4.69) is 9.97 Å². The lowest BCUT2D eigenvalue weighted by atomic mass is 10.2. The van der Waals surface area contributed by atoms with E-state index in [1.165, 1.54) is 18.3 Å². The first-order valence-corrected chi connectivity index (χ1v) is 3.82. The second kappa shape index (κ2) is 2.65. The van der Waals surface area contributed by atoms with Crippen LogP contribution in [0, 0.1) is 12.7 Å². The summed E-state index contributed by atoms with van der Waals surface area (Å²) in [6.45, 7) is 1.63. The molecule has 2 rings (SSSR count). The third-order valence-corrected chi connectivity index (χ3v) is 1.89. The van der Waals surface area contributed by atoms with Gasteiger partial charge in [-0.1, -0.05) is 0 Å². The number of pyridine rings is 2. The number of rotatable bonds is 0. The number of hydrogen-bond acceptors (Lipinski definition) is 2. The molecule has 0 atom stereocenters. The fourth-order valence-electron chi connectivity index (χ4n) is 1.17. The van der Waals surface area contributed by atoms with Crippen LogP contribution in [0.5, 0.6) is 0 Å². The van der Waals surface area contributed by atoms with Gasteiger partial charge in [0.2, 0.25) is 0 Å². The van der Waals surface area contributed by atoms with Crippen molar-refractivity contribution in [3.8, 4) is 0 Å². The van der Waals surface area contributed by atoms with Gasteiger partial charge in [0.25, 0.3) is 5.56 Å². The molecule has 2 aromatic heterocycles. The van der Waals surface area contributed by atoms with Gasteiger partial charge in [0.1, 0.15) is 11.5 Å². The molecule has 0 aliphatic carbocycles. The second-order valence-electron chi connectivity index (χ2n) is 2.84. The van der Waals surface area contributed by atoms with Crippen LogP contribution in [0.2, 0.25) is 0 Å². The highest BCUT2D eigenvalue weighted by atomic mass is 19.1. The van der Waals surface area contributed by atoms with Crippen LogP contribution in [-0.4, -0.2) is 9.97 Å². The van der Waals surface area contributed by atoms with Gasteiger partial charge < -0.3 is 4.98 Å². The average Bonchev–Trinajstić information content (AvgIpc) is 2.09. The minimum Gasteiger partial charge on any atom is -0.306 e. The first kappa shape index (κ1) is 7.91. The zero-order valence-corrected chi connectivity index (χ0v) is 6.97. The molecule has 0 saturated heterocycles. The largest absolute Gasteiger partial charge is 0.306 e. The Balaban J connectivity index is 2.97. The van der Waals surface area contributed by atoms with Gasteiger partial charge in [-0.05, 0) is 19.1 Å². The van der Waals surface area contributed by atoms with E-state index in [0.717, 1.165) is 0 Å². The molecule has 0 aliphatic heterocycles. The zero-order valence-electron chi connectivity index (χ0n) is 6.97. The van der Waals surface area contributed by atoms with Crippen molar-refractivity contribution in [2.24, 2.45) is 0 Å². The lowest BCUT2D eigenvalue weighted by Crippen LogP contribution is -2.09. The van der Waals surface area contributed by atoms with Crippen molar-refractivity contribution in [3.05, 3.63) is 40.1 Å². The third kappa shape index (κ3) is 1.20. The van der Waals surface area contributed by atoms with Crippen molar-refractivity contribution < 1.29 is 4.39 Å². The maximum atomic E-state index is 13.1. The Morgan fingerprint density at radius 3 is 3.08 bits per heavy atom. The van der Waals surface area contributed by atoms with Gasteiger partial charge in [0.05, 0.1) is 5.39 Å². The first-order chi connectivity index (χ1) is 6.18. The Bertz CT molecular complexity index is 518. The van der Waals surface area contributed by atoms with Crippen LogP contribution in [0.15, 0.2) is 23.1 Å². The molecule has 0 fully saturated rings. The molecule has 1 N–H and O–H groups in total. The summed E-state index contributed by atoms with van der Waals surface area (Å²) in [5.74, 6) is -0.371. The summed E-state index contributed by atoms with van der Waals surface area (Å²) in [7, 11) is 0. The number of nitrogens with one attached hydrogen (secondary N) is 1. The van der Waals surface area contributed by atoms with Gasteiger partial charge >= 0.3 is 0 Å². The molecular weight excluding hydrogens is 171 g/mol. The van der Waals surface area contributed by atoms with Crippen molar-refractivity contribution in [1.82, 2.24) is 9.97 Å². The van der Waals surface area contributed by atoms with Crippen LogP contribution < -0.4 is 5.56 Å². The Kier molecular flexibility index (Phi) is 1.62. The van der Waals surface area contributed by atoms with E-state index in [1.807, 2.05) is 0 Å². The first-order valence-electron chi connectivity index (χ1n) is 3.82. The Hall–Kier alpha value is -1.71. The molecule has 0 aliphatic rings. The highest BCUT2D eigenvalue weighted by molar-refractivity contribution is 5.75. The third-order valence-electron chi connectivity index (χ3n) is 1.89. The quantitative estimate of drug-likeness (QED) is 0.662. The van der Waals surface area contributed by atoms with Gasteiger partial charge in [0, 0.05) is 11.8 Å². The molecule has 66 valence electrons. The maximum Gasteiger partial charge on any atom is 0.252 e. The van der Waals surface area contributed by atoms with Gasteiger partial charge in [-0.2, -0.15) is 0 Å². The SMILES string of the molecule is Cc1cc2c(F)ccnc2[nH]c1=O. The van der Waals surface area contributed by atoms with Crippen molar-refractivity contribution in [2.75, 3.05) is 0 Å². The van der Waals surface area contributed by atoms with Gasteiger partial charge in [-0.25, -0.2) is 9.37 Å². The van der Waals surface area contributed by atoms with Gasteiger partial charge in [-0.3, -0.25) is 4.79 Å². The molecule has 0 aromatic carbocycles. The van der Waals surface area contributed by atoms with Crippen molar-refractivity contribution >= 4 is 11.0 Å². The topological polar surface area (TPSA) is 45.8 Å². The van der Waals surface area contributed by atoms with Crippen molar-refractivity contribution in [2.45, 2.75) is 6.92 Å². The predicted molar refractivity (Wildman–Crippen MR) is 47.1 cm³/mol. The fourth-order valence-corrected chi connectivity index (χ4v) is 1.17. The Morgan fingerprint density at radius 2 is 2.31 bits per heavy atom. The van der Waals surface area contributed by atoms with Crippen molar-refractivity contribution in [3.63, 3.8) is 0 Å². The van der Waals surface area contributed by atoms with Crippen LogP contribution in [0.1, 0.15) is 5.56 Å². The summed E-state index contributed by atoms with van der Waals surface area (Å²) < 4.78 is 13.1. The monoisotopic (exact) mass is 178 g/mol. The molecule has 13 heavy (non-hydrogen) atoms. The summed E-state index contributed by atoms with van der Waals surface area (Å²) in [6, 6.07) is 2.76. The van der Waals surface area contributed by atoms with E-state index in [9.17, 15) is 9.18 Å². The Labute approximate surface area is 73.2 Å². The van der Waals surface area contributed by atoms with Gasteiger partial charge in [-0.15, -0.1) is 0 Å². The number of aromatic nitrogens is 2. The molecule has 0 amide bonds. The molecule has 0 saturated carbocycles. The number of nitrogens with zero attached hydrogens (tertiary/aromatic N) is 1. The minimum absolute atomic E-state index is 0.231. The lowest BCUT2D eigenvalue weighted by Gasteiger charge is -1.98. The molecule has 2 aromatic rings. The highest BCUT2D eigenvalue weighted by Gasteiger charge is 2.03. The van der Waals surface area contributed by atoms with E-state index in [1.54, 1.807) is 6.92 Å². The fraction of sp³-hybridized carbons (Fsp3) is 0.111. The molecule has 0 unspecified atom stereocenters. The summed E-state index contributed by atoms with van der Waals surface area (Å²) in [5.41, 5.74) is 0.542. The molecule has 0 bridgehead atoms. The smallest absolute Gasteiger partial charge is 0.252 e. The van der Waals surface area contributed by atoms with Crippen LogP contribution in [0.3, 0.4) is 0 Å². The van der Waals surface area contributed by atoms with E-state index in [0.29, 0.717) is 10.9 Å². The molecule has 2 heterocycles. The molecule has 3 nitrogen and oxygen atoms in total. The van der Waals surface area contributed by atoms with E-state index >= 15 is 0 Å². The van der Waals surface area contributed by atoms with Crippen LogP contribution >= 0.6 is 0 Å². The van der Waals surface area contributed by atoms with Crippen molar-refractivity contribution in [1.29, 1.82) is 0 Å². The predicted octanol–water partition coefficient (Wildman–Crippen LogP) is 1.37. The number of hydrogen-bond donors (Lipinski definition) is 1. The number of halogens is 1. The lowest BCUT2D eigenvalue weighted by molar-refractivity contribution is 0.638. The number of H-pyrrole nitrogens is 1. The standard InChI is InChI=1S/C9H7FN2O/c1-5-4-6-7(10)2-3-11-8(6)12-9(5)13/h2-4H,1H3,(H,11,12,13). The highest BCUT2D eigenvalue weighted by Crippen LogP contribution is 2.11. The van der Waals surface area contributed by atoms with E-state index in [-0.39, 0.29) is 17.0 Å². The van der Waals surface area contributed by atoms with Crippen LogP contribution in [0.4, 0.5) is 4.39 Å². The van der Waals surface area contributed by atoms with Crippen LogP contribution in [0.25, 0.3) is 11.0 Å². The second-order valence-corrected chi connectivity index (χ2v) is 2.84. The number of aryl methyl sites for hydroxylation is 1. The normalized spacial score (nSPS) is 10.6. The summed E-state index contributed by atoms with van der Waals surface area (Å²) in [6.07, 6.45) is 1.32. The minimum atomic E-state index is -0.371. The van der Waals surface area contributed by atoms with Gasteiger partial charge in [0.15, 0.2) is 0 Å². The summed E-state index contributed by atoms with van der Waals surface area (Å²) in [4.78, 5) is 17.5. The molecular formula is C9H7FN2O. The van der Waals surface area contributed by atoms with Crippen LogP contribution in [-0.2, 0) is 0 Å². The number of fused-ring (bicyclic) bond motifs is 1. The molecule has 4 heteroatoms. The average molecular weight is 178 g/mol. The van der Waals surface area contributed by atoms with E-state index < -0.39 is 0 Å². The molecule has 0 spiro atoms. The Morgan fingerprint density at radius 1 is 1.54 bits per heavy atom. The number of aromatic amines is 1. The van der Waals surface area contributed by atoms with E-state index in [4.69, 9.17) is 0 Å².